The lowest BCUT2D eigenvalue weighted by atomic mass is 10.0. The van der Waals surface area contributed by atoms with Gasteiger partial charge in [0.1, 0.15) is 11.6 Å². The minimum atomic E-state index is -0.702. The zero-order valence-electron chi connectivity index (χ0n) is 18.8. The number of morpholine rings is 1. The molecular formula is C26H20F2IN5O. The summed E-state index contributed by atoms with van der Waals surface area (Å²) >= 11 is 2.16. The van der Waals surface area contributed by atoms with E-state index in [0.717, 1.165) is 15.3 Å². The van der Waals surface area contributed by atoms with E-state index in [1.54, 1.807) is 12.3 Å². The monoisotopic (exact) mass is 583 g/mol. The lowest BCUT2D eigenvalue weighted by molar-refractivity contribution is 0.123. The molecule has 0 spiro atoms. The highest BCUT2D eigenvalue weighted by Gasteiger charge is 2.21. The Bertz CT molecular complexity index is 1470. The third kappa shape index (κ3) is 4.51. The van der Waals surface area contributed by atoms with Crippen LogP contribution >= 0.6 is 22.6 Å². The minimum absolute atomic E-state index is 0.192. The molecular weight excluding hydrogens is 563 g/mol. The van der Waals surface area contributed by atoms with E-state index >= 15 is 4.39 Å². The number of aromatic nitrogens is 2. The van der Waals surface area contributed by atoms with Crippen LogP contribution in [0.5, 0.6) is 0 Å². The summed E-state index contributed by atoms with van der Waals surface area (Å²) in [6.45, 7) is 12.0. The third-order valence-electron chi connectivity index (χ3n) is 5.95. The van der Waals surface area contributed by atoms with Gasteiger partial charge >= 0.3 is 0 Å². The van der Waals surface area contributed by atoms with Crippen molar-refractivity contribution in [3.63, 3.8) is 0 Å². The number of anilines is 3. The number of hydrogen-bond donors (Lipinski definition) is 1. The quantitative estimate of drug-likeness (QED) is 0.216. The molecule has 1 aliphatic rings. The highest BCUT2D eigenvalue weighted by atomic mass is 127. The first-order valence-electron chi connectivity index (χ1n) is 11.0. The average Bonchev–Trinajstić information content (AvgIpc) is 2.87. The molecule has 1 fully saturated rings. The fraction of sp³-hybridized carbons (Fsp3) is 0.192. The van der Waals surface area contributed by atoms with Gasteiger partial charge in [-0.15, -0.1) is 0 Å². The van der Waals surface area contributed by atoms with Gasteiger partial charge < -0.3 is 15.0 Å². The first kappa shape index (κ1) is 23.4. The molecule has 9 heteroatoms. The number of halogens is 3. The summed E-state index contributed by atoms with van der Waals surface area (Å²) < 4.78 is 35.5. The predicted molar refractivity (Wildman–Crippen MR) is 141 cm³/mol. The van der Waals surface area contributed by atoms with Gasteiger partial charge in [0.15, 0.2) is 0 Å². The van der Waals surface area contributed by atoms with E-state index in [1.165, 1.54) is 6.07 Å². The molecule has 1 saturated heterocycles. The minimum Gasteiger partial charge on any atom is -0.378 e. The zero-order valence-corrected chi connectivity index (χ0v) is 20.9. The van der Waals surface area contributed by atoms with Gasteiger partial charge in [0.05, 0.1) is 53.5 Å². The molecule has 1 aliphatic heterocycles. The molecule has 0 amide bonds. The van der Waals surface area contributed by atoms with Gasteiger partial charge in [-0.05, 0) is 53.8 Å². The lowest BCUT2D eigenvalue weighted by Gasteiger charge is -2.30. The van der Waals surface area contributed by atoms with Crippen LogP contribution in [0.3, 0.4) is 0 Å². The number of nitrogens with zero attached hydrogens (tertiary/aromatic N) is 4. The van der Waals surface area contributed by atoms with Crippen LogP contribution in [0.4, 0.5) is 31.5 Å². The van der Waals surface area contributed by atoms with Crippen molar-refractivity contribution < 1.29 is 13.5 Å². The molecule has 0 atom stereocenters. The van der Waals surface area contributed by atoms with Crippen LogP contribution in [-0.4, -0.2) is 36.3 Å². The lowest BCUT2D eigenvalue weighted by Crippen LogP contribution is -2.36. The molecule has 35 heavy (non-hydrogen) atoms. The third-order valence-corrected chi connectivity index (χ3v) is 6.84. The van der Waals surface area contributed by atoms with Gasteiger partial charge in [0.25, 0.3) is 0 Å². The van der Waals surface area contributed by atoms with Crippen LogP contribution in [0.25, 0.3) is 27.1 Å². The molecule has 1 N–H and O–H groups in total. The summed E-state index contributed by atoms with van der Waals surface area (Å²) in [6.07, 6.45) is 1.65. The van der Waals surface area contributed by atoms with E-state index in [4.69, 9.17) is 11.3 Å². The van der Waals surface area contributed by atoms with Crippen molar-refractivity contribution in [2.75, 3.05) is 36.5 Å². The SMILES string of the molecule is [C-]#[N+]c1cc(I)c(Nc2c(C)c(-c3ccccn3)nc3cc(F)cc(F)c23)cc1N1CCOCC1. The van der Waals surface area contributed by atoms with Crippen molar-refractivity contribution >= 4 is 56.2 Å². The van der Waals surface area contributed by atoms with Crippen LogP contribution in [0.15, 0.2) is 48.7 Å². The van der Waals surface area contributed by atoms with E-state index in [-0.39, 0.29) is 10.9 Å². The second-order valence-electron chi connectivity index (χ2n) is 8.11. The Hall–Kier alpha value is -3.36. The number of benzene rings is 2. The van der Waals surface area contributed by atoms with E-state index in [2.05, 4.69) is 47.6 Å². The molecule has 0 unspecified atom stereocenters. The molecule has 2 aromatic heterocycles. The maximum absolute atomic E-state index is 15.1. The smallest absolute Gasteiger partial charge is 0.210 e. The van der Waals surface area contributed by atoms with E-state index in [0.29, 0.717) is 60.3 Å². The highest BCUT2D eigenvalue weighted by Crippen LogP contribution is 2.41. The van der Waals surface area contributed by atoms with Crippen LogP contribution in [0.1, 0.15) is 5.56 Å². The molecule has 0 aliphatic carbocycles. The maximum atomic E-state index is 15.1. The topological polar surface area (TPSA) is 54.6 Å². The van der Waals surface area contributed by atoms with Crippen molar-refractivity contribution in [2.24, 2.45) is 0 Å². The Balaban J connectivity index is 1.70. The largest absolute Gasteiger partial charge is 0.378 e. The van der Waals surface area contributed by atoms with E-state index < -0.39 is 11.6 Å². The molecule has 4 aromatic rings. The van der Waals surface area contributed by atoms with Crippen LogP contribution < -0.4 is 10.2 Å². The predicted octanol–water partition coefficient (Wildman–Crippen LogP) is 6.62. The summed E-state index contributed by atoms with van der Waals surface area (Å²) in [7, 11) is 0. The Kier molecular flexibility index (Phi) is 6.49. The fourth-order valence-corrected chi connectivity index (χ4v) is 4.83. The van der Waals surface area contributed by atoms with E-state index in [1.807, 2.05) is 31.2 Å². The van der Waals surface area contributed by atoms with Gasteiger partial charge in [-0.25, -0.2) is 18.6 Å². The van der Waals surface area contributed by atoms with Crippen LogP contribution in [-0.2, 0) is 4.74 Å². The number of hydrogen-bond acceptors (Lipinski definition) is 5. The molecule has 2 aromatic carbocycles. The highest BCUT2D eigenvalue weighted by molar-refractivity contribution is 14.1. The Labute approximate surface area is 214 Å². The molecule has 0 saturated carbocycles. The Morgan fingerprint density at radius 3 is 2.66 bits per heavy atom. The van der Waals surface area contributed by atoms with Crippen molar-refractivity contribution in [1.29, 1.82) is 0 Å². The molecule has 5 rings (SSSR count). The average molecular weight is 583 g/mol. The fourth-order valence-electron chi connectivity index (χ4n) is 4.24. The van der Waals surface area contributed by atoms with Crippen LogP contribution in [0, 0.1) is 28.7 Å². The summed E-state index contributed by atoms with van der Waals surface area (Å²) in [4.78, 5) is 14.8. The number of fused-ring (bicyclic) bond motifs is 1. The molecule has 176 valence electrons. The van der Waals surface area contributed by atoms with Gasteiger partial charge in [-0.2, -0.15) is 0 Å². The Morgan fingerprint density at radius 1 is 1.14 bits per heavy atom. The van der Waals surface area contributed by atoms with Crippen molar-refractivity contribution in [2.45, 2.75) is 6.92 Å². The summed E-state index contributed by atoms with van der Waals surface area (Å²) in [5.74, 6) is -1.40. The zero-order chi connectivity index (χ0) is 24.5. The standard InChI is InChI=1S/C26H20F2IN5O/c1-15-25(19-5-3-4-6-31-19)33-22-12-16(27)11-17(28)24(22)26(15)32-20-14-23(21(30-2)13-18(20)29)34-7-9-35-10-8-34/h3-6,11-14H,7-10H2,1H3,(H,32,33). The second kappa shape index (κ2) is 9.71. The Morgan fingerprint density at radius 2 is 1.94 bits per heavy atom. The van der Waals surface area contributed by atoms with Crippen LogP contribution in [0.2, 0.25) is 0 Å². The van der Waals surface area contributed by atoms with Gasteiger partial charge in [0.2, 0.25) is 5.69 Å². The molecule has 0 radical (unpaired) electrons. The molecule has 0 bridgehead atoms. The van der Waals surface area contributed by atoms with Gasteiger partial charge in [-0.1, -0.05) is 6.07 Å². The van der Waals surface area contributed by atoms with Crippen molar-refractivity contribution in [3.05, 3.63) is 80.8 Å². The first-order valence-corrected chi connectivity index (χ1v) is 12.1. The number of pyridine rings is 2. The van der Waals surface area contributed by atoms with Crippen molar-refractivity contribution in [1.82, 2.24) is 9.97 Å². The summed E-state index contributed by atoms with van der Waals surface area (Å²) in [5, 5.41) is 3.58. The number of ether oxygens (including phenoxy) is 1. The number of nitrogens with one attached hydrogen (secondary N) is 1. The van der Waals surface area contributed by atoms with Crippen molar-refractivity contribution in [3.8, 4) is 11.4 Å². The molecule has 3 heterocycles. The number of rotatable bonds is 4. The maximum Gasteiger partial charge on any atom is 0.210 e. The summed E-state index contributed by atoms with van der Waals surface area (Å²) in [6, 6.07) is 11.3. The first-order chi connectivity index (χ1) is 17.0. The summed E-state index contributed by atoms with van der Waals surface area (Å²) in [5.41, 5.74) is 4.54. The molecule has 6 nitrogen and oxygen atoms in total. The van der Waals surface area contributed by atoms with Gasteiger partial charge in [-0.3, -0.25) is 4.98 Å². The second-order valence-corrected chi connectivity index (χ2v) is 9.28. The van der Waals surface area contributed by atoms with E-state index in [9.17, 15) is 4.39 Å². The van der Waals surface area contributed by atoms with Gasteiger partial charge in [0, 0.05) is 46.2 Å². The normalized spacial score (nSPS) is 13.6.